The molecule has 296 valence electrons. The first-order chi connectivity index (χ1) is 26.0. The minimum Gasteiger partial charge on any atom is -0.307 e. The number of sulfonamides is 2. The van der Waals surface area contributed by atoms with E-state index < -0.39 is 26.1 Å². The number of rotatable bonds is 13. The number of nitrogens with two attached hydrogens (primary N) is 1. The van der Waals surface area contributed by atoms with Crippen molar-refractivity contribution in [2.45, 2.75) is 116 Å². The van der Waals surface area contributed by atoms with E-state index in [9.17, 15) is 26.4 Å². The maximum Gasteiger partial charge on any atom is 0.332 e. The number of amides is 2. The number of hydrogen-bond donors (Lipinski definition) is 3. The number of aliphatic imine (C=N–C) groups is 1. The molecule has 8 rings (SSSR count). The highest BCUT2D eigenvalue weighted by molar-refractivity contribution is 7.90. The first-order valence-electron chi connectivity index (χ1n) is 20.2. The third-order valence-corrected chi connectivity index (χ3v) is 13.9. The van der Waals surface area contributed by atoms with E-state index in [1.165, 1.54) is 83.3 Å². The number of nitrogens with one attached hydrogen (secondary N) is 2. The van der Waals surface area contributed by atoms with E-state index in [1.807, 2.05) is 0 Å². The molecule has 0 aromatic heterocycles. The van der Waals surface area contributed by atoms with Crippen LogP contribution in [0.2, 0.25) is 0 Å². The van der Waals surface area contributed by atoms with Crippen molar-refractivity contribution in [3.63, 3.8) is 0 Å². The van der Waals surface area contributed by atoms with Crippen molar-refractivity contribution in [2.24, 2.45) is 10.1 Å². The van der Waals surface area contributed by atoms with Gasteiger partial charge in [0.05, 0.1) is 17.2 Å². The van der Waals surface area contributed by atoms with Crippen molar-refractivity contribution in [3.8, 4) is 0 Å². The predicted octanol–water partition coefficient (Wildman–Crippen LogP) is 4.99. The summed E-state index contributed by atoms with van der Waals surface area (Å²) in [5.41, 5.74) is 12.4. The number of urea groups is 1. The van der Waals surface area contributed by atoms with E-state index in [4.69, 9.17) is 5.14 Å². The van der Waals surface area contributed by atoms with Gasteiger partial charge in [-0.15, -0.1) is 0 Å². The lowest BCUT2D eigenvalue weighted by atomic mass is 9.99. The van der Waals surface area contributed by atoms with E-state index in [2.05, 4.69) is 37.0 Å². The van der Waals surface area contributed by atoms with E-state index >= 15 is 0 Å². The number of unbranched alkanes of at least 4 members (excludes halogenated alkanes) is 2. The highest BCUT2D eigenvalue weighted by Gasteiger charge is 2.27. The third-order valence-electron chi connectivity index (χ3n) is 11.7. The summed E-state index contributed by atoms with van der Waals surface area (Å²) in [5.74, 6) is 0.125. The molecule has 54 heavy (non-hydrogen) atoms. The van der Waals surface area contributed by atoms with Gasteiger partial charge in [-0.1, -0.05) is 12.1 Å². The lowest BCUT2D eigenvalue weighted by Gasteiger charge is -2.30. The monoisotopic (exact) mass is 782 g/mol. The van der Waals surface area contributed by atoms with Gasteiger partial charge in [-0.05, 0) is 199 Å². The number of benzene rings is 2. The van der Waals surface area contributed by atoms with Crippen LogP contribution in [0.5, 0.6) is 0 Å². The molecule has 4 N–H and O–H groups in total. The predicted molar refractivity (Wildman–Crippen MR) is 213 cm³/mol. The Hall–Kier alpha value is -3.13. The fourth-order valence-electron chi connectivity index (χ4n) is 8.74. The summed E-state index contributed by atoms with van der Waals surface area (Å²) in [6, 6.07) is 4.02. The summed E-state index contributed by atoms with van der Waals surface area (Å²) in [6.07, 6.45) is 20.4. The number of carbonyl (C=O) groups is 1. The van der Waals surface area contributed by atoms with Gasteiger partial charge in [-0.25, -0.2) is 36.3 Å². The van der Waals surface area contributed by atoms with Crippen molar-refractivity contribution >= 4 is 43.5 Å². The van der Waals surface area contributed by atoms with Gasteiger partial charge < -0.3 is 15.1 Å². The van der Waals surface area contributed by atoms with Crippen LogP contribution in [0.3, 0.4) is 0 Å². The van der Waals surface area contributed by atoms with Crippen LogP contribution in [0, 0.1) is 0 Å². The molecule has 2 aromatic carbocycles. The van der Waals surface area contributed by atoms with Crippen LogP contribution in [0.15, 0.2) is 17.1 Å². The number of anilines is 1. The fourth-order valence-corrected chi connectivity index (χ4v) is 10.4. The zero-order valence-corrected chi connectivity index (χ0v) is 33.4. The van der Waals surface area contributed by atoms with Gasteiger partial charge in [0.25, 0.3) is 0 Å². The van der Waals surface area contributed by atoms with E-state index in [1.54, 1.807) is 6.08 Å². The van der Waals surface area contributed by atoms with Crippen LogP contribution < -0.4 is 15.2 Å². The molecule has 0 atom stereocenters. The highest BCUT2D eigenvalue weighted by atomic mass is 32.2. The first kappa shape index (κ1) is 40.5. The third kappa shape index (κ3) is 11.0. The molecule has 0 spiro atoms. The van der Waals surface area contributed by atoms with Crippen LogP contribution in [-0.4, -0.2) is 89.5 Å². The second-order valence-corrected chi connectivity index (χ2v) is 19.3. The second-order valence-electron chi connectivity index (χ2n) is 15.7. The van der Waals surface area contributed by atoms with Crippen LogP contribution >= 0.6 is 0 Å². The number of carbonyl (C=O) groups excluding carboxylic acids is 2. The normalized spacial score (nSPS) is 18.3. The van der Waals surface area contributed by atoms with Crippen molar-refractivity contribution in [1.82, 2.24) is 14.5 Å². The molecule has 0 saturated carbocycles. The molecular formula is C40H58N6O6S2. The van der Waals surface area contributed by atoms with Crippen molar-refractivity contribution < 1.29 is 26.4 Å². The van der Waals surface area contributed by atoms with Gasteiger partial charge in [-0.3, -0.25) is 0 Å². The molecule has 2 heterocycles. The molecule has 0 unspecified atom stereocenters. The molecule has 2 aliphatic heterocycles. The average molecular weight is 783 g/mol. The van der Waals surface area contributed by atoms with Crippen molar-refractivity contribution in [1.29, 1.82) is 0 Å². The molecule has 2 saturated heterocycles. The largest absolute Gasteiger partial charge is 0.332 e. The van der Waals surface area contributed by atoms with Crippen LogP contribution in [0.25, 0.3) is 0 Å². The quantitative estimate of drug-likeness (QED) is 0.145. The molecule has 4 aliphatic carbocycles. The Morgan fingerprint density at radius 3 is 1.52 bits per heavy atom. The number of hydrogen-bond acceptors (Lipinski definition) is 9. The Morgan fingerprint density at radius 1 is 0.648 bits per heavy atom. The van der Waals surface area contributed by atoms with Gasteiger partial charge in [0.1, 0.15) is 0 Å². The highest BCUT2D eigenvalue weighted by Crippen LogP contribution is 2.40. The van der Waals surface area contributed by atoms with Crippen LogP contribution in [0.4, 0.5) is 16.2 Å². The number of fused-ring (bicyclic) bond motifs is 4. The van der Waals surface area contributed by atoms with Gasteiger partial charge in [0, 0.05) is 5.69 Å². The minimum absolute atomic E-state index is 0.000730. The number of nitrogens with zero attached hydrogens (tertiary/aromatic N) is 3. The van der Waals surface area contributed by atoms with E-state index in [0.717, 1.165) is 115 Å². The Morgan fingerprint density at radius 2 is 1.09 bits per heavy atom. The average Bonchev–Trinajstić information content (AvgIpc) is 3.90. The Bertz CT molecular complexity index is 1870. The Balaban J connectivity index is 0.000000154. The van der Waals surface area contributed by atoms with Gasteiger partial charge in [0.2, 0.25) is 26.1 Å². The van der Waals surface area contributed by atoms with Crippen LogP contribution in [0.1, 0.15) is 109 Å². The van der Waals surface area contributed by atoms with E-state index in [0.29, 0.717) is 12.8 Å². The Kier molecular flexibility index (Phi) is 14.0. The molecule has 0 radical (unpaired) electrons. The van der Waals surface area contributed by atoms with Crippen LogP contribution in [-0.2, 0) is 76.2 Å². The molecular weight excluding hydrogens is 725 g/mol. The van der Waals surface area contributed by atoms with Crippen molar-refractivity contribution in [2.75, 3.05) is 56.1 Å². The number of aryl methyl sites for hydroxylation is 4. The maximum absolute atomic E-state index is 12.4. The minimum atomic E-state index is -3.60. The molecule has 2 aromatic rings. The number of likely N-dealkylation sites (tertiary alicyclic amines) is 2. The lowest BCUT2D eigenvalue weighted by Crippen LogP contribution is -2.38. The van der Waals surface area contributed by atoms with Crippen molar-refractivity contribution in [3.05, 3.63) is 56.6 Å². The SMILES string of the molecule is NS(=O)(=O)CCCCN1CCC1.O=C(Nc1c2c(cc3c1CCC3)CCC2)NS(=O)(=O)CCCCN1CCC1.O=C=Nc1c2c(cc3c1CCC3)CCC2. The summed E-state index contributed by atoms with van der Waals surface area (Å²) >= 11 is 0. The van der Waals surface area contributed by atoms with E-state index in [-0.39, 0.29) is 11.5 Å². The molecule has 6 aliphatic rings. The lowest BCUT2D eigenvalue weighted by molar-refractivity contribution is 0.179. The molecule has 2 amide bonds. The zero-order chi connectivity index (χ0) is 38.1. The first-order valence-corrected chi connectivity index (χ1v) is 23.5. The smallest absolute Gasteiger partial charge is 0.307 e. The molecule has 0 bridgehead atoms. The zero-order valence-electron chi connectivity index (χ0n) is 31.7. The standard InChI is InChI=1S/C20H29N3O3S.C13H13NO.C7H16N2O2S/c24-20(22-27(25,26)13-2-1-10-23-11-5-12-23)21-19-17-8-3-6-15(17)14-16-7-4-9-18(16)19;15-8-14-13-11-5-1-3-9(11)7-10-4-2-6-12(10)13;8-12(10,11)7-2-1-4-9-5-3-6-9/h14H,1-13H2,(H2,21,22,24);7H,1-6H2;1-7H2,(H2,8,10,11). The second kappa shape index (κ2) is 18.7. The Labute approximate surface area is 321 Å². The summed E-state index contributed by atoms with van der Waals surface area (Å²) < 4.78 is 47.7. The van der Waals surface area contributed by atoms with Gasteiger partial charge >= 0.3 is 6.03 Å². The fraction of sp³-hybridized carbons (Fsp3) is 0.650. The summed E-state index contributed by atoms with van der Waals surface area (Å²) in [6.45, 7) is 6.57. The molecule has 12 nitrogen and oxygen atoms in total. The summed E-state index contributed by atoms with van der Waals surface area (Å²) in [5, 5.41) is 7.75. The van der Waals surface area contributed by atoms with Gasteiger partial charge in [-0.2, -0.15) is 4.99 Å². The topological polar surface area (TPSA) is 171 Å². The molecule has 2 fully saturated rings. The number of isocyanates is 1. The summed E-state index contributed by atoms with van der Waals surface area (Å²) in [4.78, 5) is 31.5. The van der Waals surface area contributed by atoms with Gasteiger partial charge in [0.15, 0.2) is 0 Å². The summed E-state index contributed by atoms with van der Waals surface area (Å²) in [7, 11) is -6.83. The number of primary sulfonamides is 1. The maximum atomic E-state index is 12.4. The molecule has 14 heteroatoms.